The topological polar surface area (TPSA) is 175 Å². The number of allylic oxidation sites excluding steroid dienone is 13. The van der Waals surface area contributed by atoms with Crippen molar-refractivity contribution in [2.75, 3.05) is 13.2 Å². The first-order chi connectivity index (χ1) is 38.7. The van der Waals surface area contributed by atoms with Crippen LogP contribution in [0.2, 0.25) is 0 Å². The van der Waals surface area contributed by atoms with Crippen LogP contribution in [0.4, 0.5) is 0 Å². The largest absolute Gasteiger partial charge is 0.454 e. The minimum atomic E-state index is -1.64. The van der Waals surface area contributed by atoms with Crippen LogP contribution in [-0.2, 0) is 23.8 Å². The van der Waals surface area contributed by atoms with Crippen LogP contribution in [0.1, 0.15) is 271 Å². The maximum absolute atomic E-state index is 13.4. The van der Waals surface area contributed by atoms with Crippen molar-refractivity contribution in [2.45, 2.75) is 320 Å². The molecule has 0 spiro atoms. The van der Waals surface area contributed by atoms with Crippen molar-refractivity contribution < 1.29 is 49.3 Å². The maximum Gasteiger partial charge on any atom is 0.306 e. The quantitative estimate of drug-likeness (QED) is 0.0195. The van der Waals surface area contributed by atoms with Gasteiger partial charge < -0.3 is 45.1 Å². The zero-order chi connectivity index (χ0) is 57.5. The second kappa shape index (κ2) is 55.4. The zero-order valence-electron chi connectivity index (χ0n) is 50.5. The van der Waals surface area contributed by atoms with Crippen LogP contribution in [0.15, 0.2) is 85.1 Å². The third-order valence-electron chi connectivity index (χ3n) is 14.8. The molecule has 6 N–H and O–H groups in total. The number of hydrogen-bond donors (Lipinski definition) is 6. The van der Waals surface area contributed by atoms with Gasteiger partial charge in [-0.1, -0.05) is 260 Å². The van der Waals surface area contributed by atoms with Crippen LogP contribution >= 0.6 is 0 Å². The molecule has 1 aliphatic rings. The summed E-state index contributed by atoms with van der Waals surface area (Å²) in [5, 5.41) is 57.0. The second-order valence-corrected chi connectivity index (χ2v) is 22.1. The summed E-state index contributed by atoms with van der Waals surface area (Å²) in [5.74, 6) is -1.27. The Balaban J connectivity index is 2.67. The zero-order valence-corrected chi connectivity index (χ0v) is 50.5. The van der Waals surface area contributed by atoms with Crippen LogP contribution in [0.25, 0.3) is 0 Å². The summed E-state index contributed by atoms with van der Waals surface area (Å²) >= 11 is 0. The highest BCUT2D eigenvalue weighted by Crippen LogP contribution is 2.26. The SMILES string of the molecule is CCCCC/C=C\C/C=C\C/C=C\C/C=C\CCCCCCCCCCC(O)C(=O)NC(COC1OC(CO)C(O)C(O)C1OC(=O)CC/C=C/C/C=C\CCCCCCCC)C(O)/C=C/CCCCCCCCCCCCC. The van der Waals surface area contributed by atoms with Crippen molar-refractivity contribution in [1.29, 1.82) is 0 Å². The molecular weight excluding hydrogens is 991 g/mol. The Morgan fingerprint density at radius 3 is 1.33 bits per heavy atom. The fourth-order valence-electron chi connectivity index (χ4n) is 9.63. The van der Waals surface area contributed by atoms with Crippen LogP contribution in [0.5, 0.6) is 0 Å². The van der Waals surface area contributed by atoms with E-state index in [0.717, 1.165) is 77.0 Å². The predicted molar refractivity (Wildman–Crippen MR) is 329 cm³/mol. The first-order valence-electron chi connectivity index (χ1n) is 32.4. The molecule has 0 aromatic rings. The first kappa shape index (κ1) is 73.9. The number of carbonyl (C=O) groups is 2. The third-order valence-corrected chi connectivity index (χ3v) is 14.8. The molecule has 8 unspecified atom stereocenters. The molecule has 8 atom stereocenters. The van der Waals surface area contributed by atoms with E-state index >= 15 is 0 Å². The summed E-state index contributed by atoms with van der Waals surface area (Å²) in [6, 6.07) is -1.04. The molecule has 1 saturated heterocycles. The van der Waals surface area contributed by atoms with Crippen LogP contribution in [0.3, 0.4) is 0 Å². The summed E-state index contributed by atoms with van der Waals surface area (Å²) in [4.78, 5) is 26.5. The van der Waals surface area contributed by atoms with Gasteiger partial charge in [-0.05, 0) is 89.9 Å². The lowest BCUT2D eigenvalue weighted by molar-refractivity contribution is -0.305. The van der Waals surface area contributed by atoms with E-state index in [-0.39, 0.29) is 19.4 Å². The number of amides is 1. The molecule has 0 aromatic heterocycles. The van der Waals surface area contributed by atoms with Crippen molar-refractivity contribution in [3.63, 3.8) is 0 Å². The fourth-order valence-corrected chi connectivity index (χ4v) is 9.63. The Morgan fingerprint density at radius 2 is 0.873 bits per heavy atom. The standard InChI is InChI=1S/C68H119NO10/c1-4-7-10-13-16-19-22-25-26-27-28-29-30-31-32-33-34-35-38-40-43-46-49-52-55-61(72)67(76)69-59(60(71)54-51-48-45-42-39-36-23-20-17-14-11-8-5-2)58-77-68-66(65(75)64(74)62(57-70)78-68)79-63(73)56-53-50-47-44-41-37-24-21-18-15-12-9-6-3/h16,19,25-26,28-29,31-32,37,41,47,50-51,54,59-62,64-66,68,70-72,74-75H,4-15,17-18,20-24,27,30,33-36,38-40,42-46,48-49,52-53,55-58H2,1-3H3,(H,69,76)/b19-16-,26-25-,29-28-,32-31-,41-37-,50-47+,54-51+. The van der Waals surface area contributed by atoms with Crippen molar-refractivity contribution in [1.82, 2.24) is 5.32 Å². The molecule has 0 radical (unpaired) electrons. The Kier molecular flexibility index (Phi) is 51.8. The van der Waals surface area contributed by atoms with E-state index in [4.69, 9.17) is 14.2 Å². The van der Waals surface area contributed by atoms with Gasteiger partial charge in [-0.2, -0.15) is 0 Å². The highest BCUT2D eigenvalue weighted by molar-refractivity contribution is 5.80. The molecule has 0 aromatic carbocycles. The molecule has 0 bridgehead atoms. The number of hydrogen-bond acceptors (Lipinski definition) is 10. The fraction of sp³-hybridized carbons (Fsp3) is 0.765. The van der Waals surface area contributed by atoms with Crippen LogP contribution < -0.4 is 5.32 Å². The number of rotatable bonds is 54. The lowest BCUT2D eigenvalue weighted by Crippen LogP contribution is -2.61. The van der Waals surface area contributed by atoms with Gasteiger partial charge in [-0.25, -0.2) is 0 Å². The predicted octanol–water partition coefficient (Wildman–Crippen LogP) is 15.7. The van der Waals surface area contributed by atoms with E-state index in [9.17, 15) is 35.1 Å². The van der Waals surface area contributed by atoms with E-state index in [1.54, 1.807) is 6.08 Å². The Morgan fingerprint density at radius 1 is 0.494 bits per heavy atom. The smallest absolute Gasteiger partial charge is 0.306 e. The minimum absolute atomic E-state index is 0.0144. The average molecular weight is 1110 g/mol. The molecule has 1 heterocycles. The number of nitrogens with one attached hydrogen (secondary N) is 1. The van der Waals surface area contributed by atoms with Gasteiger partial charge in [-0.3, -0.25) is 9.59 Å². The Bertz CT molecular complexity index is 1610. The Labute approximate surface area is 483 Å². The molecule has 1 fully saturated rings. The molecular formula is C68H119NO10. The summed E-state index contributed by atoms with van der Waals surface area (Å²) in [5.41, 5.74) is 0. The molecule has 11 heteroatoms. The molecule has 0 saturated carbocycles. The lowest BCUT2D eigenvalue weighted by Gasteiger charge is -2.41. The number of ether oxygens (including phenoxy) is 3. The van der Waals surface area contributed by atoms with Crippen molar-refractivity contribution in [3.05, 3.63) is 85.1 Å². The van der Waals surface area contributed by atoms with Gasteiger partial charge in [0.15, 0.2) is 12.4 Å². The van der Waals surface area contributed by atoms with E-state index in [0.29, 0.717) is 12.8 Å². The van der Waals surface area contributed by atoms with Gasteiger partial charge in [0.2, 0.25) is 5.91 Å². The number of unbranched alkanes of at least 4 members (excludes halogenated alkanes) is 28. The molecule has 0 aliphatic carbocycles. The van der Waals surface area contributed by atoms with E-state index in [1.807, 2.05) is 18.2 Å². The van der Waals surface area contributed by atoms with Crippen LogP contribution in [0, 0.1) is 0 Å². The second-order valence-electron chi connectivity index (χ2n) is 22.1. The van der Waals surface area contributed by atoms with Gasteiger partial charge >= 0.3 is 5.97 Å². The number of esters is 1. The van der Waals surface area contributed by atoms with Gasteiger partial charge in [0.25, 0.3) is 0 Å². The van der Waals surface area contributed by atoms with E-state index in [1.165, 1.54) is 148 Å². The van der Waals surface area contributed by atoms with Crippen molar-refractivity contribution in [2.24, 2.45) is 0 Å². The highest BCUT2D eigenvalue weighted by atomic mass is 16.7. The number of aliphatic hydroxyl groups is 5. The van der Waals surface area contributed by atoms with Gasteiger partial charge in [-0.15, -0.1) is 0 Å². The average Bonchev–Trinajstić information content (AvgIpc) is 3.48. The van der Waals surface area contributed by atoms with Gasteiger partial charge in [0.05, 0.1) is 25.4 Å². The summed E-state index contributed by atoms with van der Waals surface area (Å²) < 4.78 is 17.5. The van der Waals surface area contributed by atoms with Crippen molar-refractivity contribution in [3.8, 4) is 0 Å². The van der Waals surface area contributed by atoms with E-state index in [2.05, 4.69) is 86.8 Å². The summed E-state index contributed by atoms with van der Waals surface area (Å²) in [7, 11) is 0. The van der Waals surface area contributed by atoms with Gasteiger partial charge in [0.1, 0.15) is 24.4 Å². The Hall–Kier alpha value is -3.16. The molecule has 79 heavy (non-hydrogen) atoms. The molecule has 11 nitrogen and oxygen atoms in total. The molecule has 1 aliphatic heterocycles. The summed E-state index contributed by atoms with van der Waals surface area (Å²) in [6.45, 7) is 5.72. The maximum atomic E-state index is 13.4. The number of aliphatic hydroxyl groups excluding tert-OH is 5. The molecule has 1 amide bonds. The third kappa shape index (κ3) is 43.2. The minimum Gasteiger partial charge on any atom is -0.454 e. The normalized spacial score (nSPS) is 19.4. The first-order valence-corrected chi connectivity index (χ1v) is 32.4. The van der Waals surface area contributed by atoms with E-state index < -0.39 is 67.4 Å². The molecule has 1 rings (SSSR count). The van der Waals surface area contributed by atoms with Gasteiger partial charge in [0, 0.05) is 6.42 Å². The van der Waals surface area contributed by atoms with Crippen molar-refractivity contribution >= 4 is 11.9 Å². The monoisotopic (exact) mass is 1110 g/mol. The van der Waals surface area contributed by atoms with Crippen LogP contribution in [-0.4, -0.2) is 99.6 Å². The highest BCUT2D eigenvalue weighted by Gasteiger charge is 2.47. The number of carbonyl (C=O) groups excluding carboxylic acids is 2. The summed E-state index contributed by atoms with van der Waals surface area (Å²) in [6.07, 6.45) is 62.1. The lowest BCUT2D eigenvalue weighted by atomic mass is 9.99. The molecule has 456 valence electrons.